The number of aromatic nitrogens is 1. The minimum Gasteiger partial charge on any atom is -0.439 e. The van der Waals surface area contributed by atoms with E-state index in [0.29, 0.717) is 17.5 Å². The van der Waals surface area contributed by atoms with Crippen LogP contribution in [0.15, 0.2) is 42.6 Å². The largest absolute Gasteiger partial charge is 0.439 e. The summed E-state index contributed by atoms with van der Waals surface area (Å²) in [6.45, 7) is 4.22. The number of pyridine rings is 1. The lowest BCUT2D eigenvalue weighted by molar-refractivity contribution is 0.460. The predicted molar refractivity (Wildman–Crippen MR) is 64.8 cm³/mol. The minimum atomic E-state index is -0.277. The molecule has 1 aromatic heterocycles. The first-order valence-electron chi connectivity index (χ1n) is 5.54. The summed E-state index contributed by atoms with van der Waals surface area (Å²) in [6, 6.07) is 9.67. The number of ether oxygens (including phenoxy) is 1. The van der Waals surface area contributed by atoms with Crippen LogP contribution >= 0.6 is 0 Å². The molecule has 0 saturated carbocycles. The Hall–Kier alpha value is -1.90. The maximum atomic E-state index is 12.7. The van der Waals surface area contributed by atoms with E-state index in [1.54, 1.807) is 18.3 Å². The molecule has 1 heterocycles. The van der Waals surface area contributed by atoms with Crippen LogP contribution in [0.4, 0.5) is 4.39 Å². The molecule has 0 radical (unpaired) electrons. The van der Waals surface area contributed by atoms with Crippen molar-refractivity contribution in [1.82, 2.24) is 4.98 Å². The molecule has 0 atom stereocenters. The summed E-state index contributed by atoms with van der Waals surface area (Å²) in [7, 11) is 0. The lowest BCUT2D eigenvalue weighted by atomic mass is 10.1. The highest BCUT2D eigenvalue weighted by Gasteiger charge is 2.02. The molecule has 3 heteroatoms. The second-order valence-corrected chi connectivity index (χ2v) is 4.14. The standard InChI is InChI=1S/C14H14FNO/c1-10(2)11-3-8-14(16-9-11)17-13-6-4-12(15)5-7-13/h3-10H,1-2H3. The molecule has 0 spiro atoms. The number of benzene rings is 1. The van der Waals surface area contributed by atoms with Crippen molar-refractivity contribution < 1.29 is 9.13 Å². The van der Waals surface area contributed by atoms with Crippen LogP contribution in [-0.2, 0) is 0 Å². The molecule has 0 saturated heterocycles. The molecule has 0 aliphatic heterocycles. The van der Waals surface area contributed by atoms with Crippen LogP contribution in [0.1, 0.15) is 25.3 Å². The van der Waals surface area contributed by atoms with Gasteiger partial charge in [0.25, 0.3) is 0 Å². The van der Waals surface area contributed by atoms with Gasteiger partial charge in [-0.2, -0.15) is 0 Å². The van der Waals surface area contributed by atoms with E-state index in [9.17, 15) is 4.39 Å². The van der Waals surface area contributed by atoms with Crippen molar-refractivity contribution in [3.63, 3.8) is 0 Å². The van der Waals surface area contributed by atoms with Crippen molar-refractivity contribution in [2.45, 2.75) is 19.8 Å². The molecule has 2 rings (SSSR count). The second kappa shape index (κ2) is 4.95. The zero-order chi connectivity index (χ0) is 12.3. The van der Waals surface area contributed by atoms with Crippen molar-refractivity contribution >= 4 is 0 Å². The summed E-state index contributed by atoms with van der Waals surface area (Å²) in [5.41, 5.74) is 1.16. The molecule has 2 aromatic rings. The van der Waals surface area contributed by atoms with Gasteiger partial charge >= 0.3 is 0 Å². The van der Waals surface area contributed by atoms with Crippen LogP contribution in [0.25, 0.3) is 0 Å². The average molecular weight is 231 g/mol. The third kappa shape index (κ3) is 3.03. The zero-order valence-electron chi connectivity index (χ0n) is 9.85. The first kappa shape index (κ1) is 11.6. The van der Waals surface area contributed by atoms with Gasteiger partial charge in [-0.3, -0.25) is 0 Å². The molecular formula is C14H14FNO. The van der Waals surface area contributed by atoms with Crippen molar-refractivity contribution in [3.05, 3.63) is 54.0 Å². The van der Waals surface area contributed by atoms with E-state index < -0.39 is 0 Å². The molecule has 2 nitrogen and oxygen atoms in total. The molecule has 88 valence electrons. The van der Waals surface area contributed by atoms with E-state index >= 15 is 0 Å². The van der Waals surface area contributed by atoms with Crippen molar-refractivity contribution in [1.29, 1.82) is 0 Å². The molecular weight excluding hydrogens is 217 g/mol. The number of hydrogen-bond acceptors (Lipinski definition) is 2. The predicted octanol–water partition coefficient (Wildman–Crippen LogP) is 4.14. The summed E-state index contributed by atoms with van der Waals surface area (Å²) in [5, 5.41) is 0. The fourth-order valence-corrected chi connectivity index (χ4v) is 1.42. The van der Waals surface area contributed by atoms with Crippen LogP contribution in [0.5, 0.6) is 11.6 Å². The Labute approximate surface area is 100 Å². The Balaban J connectivity index is 2.11. The highest BCUT2D eigenvalue weighted by Crippen LogP contribution is 2.21. The molecule has 0 unspecified atom stereocenters. The third-order valence-corrected chi connectivity index (χ3v) is 2.46. The van der Waals surface area contributed by atoms with E-state index in [1.165, 1.54) is 12.1 Å². The maximum absolute atomic E-state index is 12.7. The van der Waals surface area contributed by atoms with Gasteiger partial charge in [0.05, 0.1) is 0 Å². The summed E-state index contributed by atoms with van der Waals surface area (Å²) in [5.74, 6) is 1.26. The minimum absolute atomic E-state index is 0.277. The number of rotatable bonds is 3. The van der Waals surface area contributed by atoms with Gasteiger partial charge in [-0.15, -0.1) is 0 Å². The fraction of sp³-hybridized carbons (Fsp3) is 0.214. The molecule has 0 fully saturated rings. The normalized spacial score (nSPS) is 10.6. The Kier molecular flexibility index (Phi) is 3.38. The molecule has 17 heavy (non-hydrogen) atoms. The molecule has 0 bridgehead atoms. The molecule has 0 aliphatic rings. The number of hydrogen-bond donors (Lipinski definition) is 0. The van der Waals surface area contributed by atoms with E-state index in [-0.39, 0.29) is 5.82 Å². The van der Waals surface area contributed by atoms with Gasteiger partial charge < -0.3 is 4.74 Å². The van der Waals surface area contributed by atoms with Gasteiger partial charge in [0.1, 0.15) is 11.6 Å². The van der Waals surface area contributed by atoms with Crippen LogP contribution < -0.4 is 4.74 Å². The van der Waals surface area contributed by atoms with Gasteiger partial charge in [-0.25, -0.2) is 9.37 Å². The van der Waals surface area contributed by atoms with Gasteiger partial charge in [0, 0.05) is 12.3 Å². The average Bonchev–Trinajstić information content (AvgIpc) is 2.33. The van der Waals surface area contributed by atoms with Crippen molar-refractivity contribution in [2.24, 2.45) is 0 Å². The molecule has 0 N–H and O–H groups in total. The Morgan fingerprint density at radius 1 is 1.06 bits per heavy atom. The molecule has 0 aliphatic carbocycles. The first-order chi connectivity index (χ1) is 8.15. The Morgan fingerprint density at radius 3 is 2.29 bits per heavy atom. The van der Waals surface area contributed by atoms with Gasteiger partial charge in [-0.1, -0.05) is 19.9 Å². The summed E-state index contributed by atoms with van der Waals surface area (Å²) < 4.78 is 18.2. The van der Waals surface area contributed by atoms with E-state index in [4.69, 9.17) is 4.74 Å². The van der Waals surface area contributed by atoms with Gasteiger partial charge in [-0.05, 0) is 35.7 Å². The van der Waals surface area contributed by atoms with Crippen molar-refractivity contribution in [2.75, 3.05) is 0 Å². The first-order valence-corrected chi connectivity index (χ1v) is 5.54. The monoisotopic (exact) mass is 231 g/mol. The fourth-order valence-electron chi connectivity index (χ4n) is 1.42. The van der Waals surface area contributed by atoms with Crippen LogP contribution in [0.2, 0.25) is 0 Å². The third-order valence-electron chi connectivity index (χ3n) is 2.46. The topological polar surface area (TPSA) is 22.1 Å². The Bertz CT molecular complexity index is 477. The van der Waals surface area contributed by atoms with E-state index in [2.05, 4.69) is 18.8 Å². The molecule has 1 aromatic carbocycles. The Morgan fingerprint density at radius 2 is 1.76 bits per heavy atom. The zero-order valence-corrected chi connectivity index (χ0v) is 9.85. The summed E-state index contributed by atoms with van der Waals surface area (Å²) in [6.07, 6.45) is 1.80. The van der Waals surface area contributed by atoms with Crippen LogP contribution in [-0.4, -0.2) is 4.98 Å². The number of nitrogens with zero attached hydrogens (tertiary/aromatic N) is 1. The lowest BCUT2D eigenvalue weighted by Crippen LogP contribution is -1.91. The quantitative estimate of drug-likeness (QED) is 0.792. The van der Waals surface area contributed by atoms with Crippen molar-refractivity contribution in [3.8, 4) is 11.6 Å². The SMILES string of the molecule is CC(C)c1ccc(Oc2ccc(F)cc2)nc1. The highest BCUT2D eigenvalue weighted by atomic mass is 19.1. The summed E-state index contributed by atoms with van der Waals surface area (Å²) in [4.78, 5) is 4.20. The van der Waals surface area contributed by atoms with Crippen LogP contribution in [0, 0.1) is 5.82 Å². The molecule has 0 amide bonds. The highest BCUT2D eigenvalue weighted by molar-refractivity contribution is 5.28. The van der Waals surface area contributed by atoms with Gasteiger partial charge in [0.15, 0.2) is 0 Å². The van der Waals surface area contributed by atoms with Gasteiger partial charge in [0.2, 0.25) is 5.88 Å². The number of halogens is 1. The maximum Gasteiger partial charge on any atom is 0.219 e. The van der Waals surface area contributed by atoms with E-state index in [0.717, 1.165) is 5.56 Å². The smallest absolute Gasteiger partial charge is 0.219 e. The van der Waals surface area contributed by atoms with E-state index in [1.807, 2.05) is 12.1 Å². The summed E-state index contributed by atoms with van der Waals surface area (Å²) >= 11 is 0. The van der Waals surface area contributed by atoms with Crippen LogP contribution in [0.3, 0.4) is 0 Å². The second-order valence-electron chi connectivity index (χ2n) is 4.14. The lowest BCUT2D eigenvalue weighted by Gasteiger charge is -2.07.